The number of aromatic nitrogens is 2. The summed E-state index contributed by atoms with van der Waals surface area (Å²) in [4.78, 5) is 0. The van der Waals surface area contributed by atoms with E-state index in [1.165, 1.54) is 0 Å². The summed E-state index contributed by atoms with van der Waals surface area (Å²) < 4.78 is 12.8. The molecule has 4 nitrogen and oxygen atoms in total. The third-order valence-corrected chi connectivity index (χ3v) is 3.36. The maximum Gasteiger partial charge on any atom is 0.0762 e. The molecular formula is C11H21N3OS. The molecule has 0 bridgehead atoms. The number of hydrogen-bond acceptors (Lipinski definition) is 3. The van der Waals surface area contributed by atoms with Crippen LogP contribution in [0, 0.1) is 0 Å². The van der Waals surface area contributed by atoms with Gasteiger partial charge in [-0.05, 0) is 19.4 Å². The molecule has 0 aromatic carbocycles. The van der Waals surface area contributed by atoms with Crippen molar-refractivity contribution in [3.63, 3.8) is 0 Å². The summed E-state index contributed by atoms with van der Waals surface area (Å²) in [5, 5.41) is 7.71. The highest BCUT2D eigenvalue weighted by Crippen LogP contribution is 2.08. The molecule has 1 heterocycles. The molecule has 92 valence electrons. The fourth-order valence-electron chi connectivity index (χ4n) is 1.34. The Balaban J connectivity index is 2.32. The highest BCUT2D eigenvalue weighted by molar-refractivity contribution is 7.84. The van der Waals surface area contributed by atoms with Crippen molar-refractivity contribution in [3.8, 4) is 0 Å². The maximum atomic E-state index is 10.8. The molecule has 1 N–H and O–H groups in total. The van der Waals surface area contributed by atoms with Crippen molar-refractivity contribution in [2.45, 2.75) is 32.9 Å². The summed E-state index contributed by atoms with van der Waals surface area (Å²) in [5.41, 5.74) is 1.04. The van der Waals surface area contributed by atoms with Crippen molar-refractivity contribution in [2.75, 3.05) is 18.6 Å². The average molecular weight is 243 g/mol. The molecule has 2 unspecified atom stereocenters. The van der Waals surface area contributed by atoms with Gasteiger partial charge in [0.05, 0.1) is 5.69 Å². The van der Waals surface area contributed by atoms with Gasteiger partial charge in [-0.15, -0.1) is 0 Å². The van der Waals surface area contributed by atoms with Crippen molar-refractivity contribution in [1.82, 2.24) is 15.1 Å². The topological polar surface area (TPSA) is 46.9 Å². The lowest BCUT2D eigenvalue weighted by Gasteiger charge is -2.08. The highest BCUT2D eigenvalue weighted by atomic mass is 32.2. The predicted molar refractivity (Wildman–Crippen MR) is 67.9 cm³/mol. The molecule has 0 saturated carbocycles. The van der Waals surface area contributed by atoms with Crippen LogP contribution in [0.4, 0.5) is 0 Å². The molecule has 0 aliphatic heterocycles. The molecular weight excluding hydrogens is 222 g/mol. The van der Waals surface area contributed by atoms with Gasteiger partial charge >= 0.3 is 0 Å². The predicted octanol–water partition coefficient (Wildman–Crippen LogP) is 1.32. The van der Waals surface area contributed by atoms with Crippen LogP contribution in [-0.2, 0) is 17.3 Å². The first-order chi connectivity index (χ1) is 7.63. The number of hydrogen-bond donors (Lipinski definition) is 1. The molecule has 0 spiro atoms. The first-order valence-electron chi connectivity index (χ1n) is 5.68. The quantitative estimate of drug-likeness (QED) is 0.735. The van der Waals surface area contributed by atoms with Crippen LogP contribution in [0.1, 0.15) is 32.0 Å². The second-order valence-corrected chi connectivity index (χ2v) is 5.55. The van der Waals surface area contributed by atoms with E-state index in [4.69, 9.17) is 0 Å². The third kappa shape index (κ3) is 4.45. The van der Waals surface area contributed by atoms with E-state index in [0.29, 0.717) is 11.8 Å². The minimum atomic E-state index is -0.715. The Kier molecular flexibility index (Phi) is 5.69. The van der Waals surface area contributed by atoms with Gasteiger partial charge in [0.25, 0.3) is 0 Å². The number of rotatable bonds is 7. The highest BCUT2D eigenvalue weighted by Gasteiger charge is 2.03. The molecule has 16 heavy (non-hydrogen) atoms. The minimum Gasteiger partial charge on any atom is -0.310 e. The first kappa shape index (κ1) is 13.4. The molecule has 0 amide bonds. The van der Waals surface area contributed by atoms with Gasteiger partial charge in [-0.2, -0.15) is 5.10 Å². The second-order valence-electron chi connectivity index (χ2n) is 4.00. The molecule has 0 aliphatic carbocycles. The van der Waals surface area contributed by atoms with E-state index in [1.54, 1.807) is 6.26 Å². The zero-order chi connectivity index (χ0) is 12.0. The summed E-state index contributed by atoms with van der Waals surface area (Å²) in [7, 11) is -0.715. The first-order valence-corrected chi connectivity index (χ1v) is 7.41. The Hall–Kier alpha value is -0.680. The zero-order valence-electron chi connectivity index (χ0n) is 10.3. The van der Waals surface area contributed by atoms with Gasteiger partial charge in [0.2, 0.25) is 0 Å². The maximum absolute atomic E-state index is 10.8. The van der Waals surface area contributed by atoms with Gasteiger partial charge in [-0.25, -0.2) is 0 Å². The number of nitrogens with one attached hydrogen (secondary N) is 1. The Morgan fingerprint density at radius 3 is 3.00 bits per heavy atom. The number of nitrogens with zero attached hydrogens (tertiary/aromatic N) is 2. The van der Waals surface area contributed by atoms with Crippen LogP contribution in [0.5, 0.6) is 0 Å². The molecule has 1 rings (SSSR count). The van der Waals surface area contributed by atoms with Gasteiger partial charge in [0, 0.05) is 48.1 Å². The summed E-state index contributed by atoms with van der Waals surface area (Å²) in [6, 6.07) is 2.49. The summed E-state index contributed by atoms with van der Waals surface area (Å²) in [6.45, 7) is 5.84. The Labute approximate surface area is 99.9 Å². The van der Waals surface area contributed by atoms with Crippen LogP contribution in [0.3, 0.4) is 0 Å². The molecule has 1 aromatic heterocycles. The summed E-state index contributed by atoms with van der Waals surface area (Å²) >= 11 is 0. The average Bonchev–Trinajstić information content (AvgIpc) is 2.71. The van der Waals surface area contributed by atoms with Crippen molar-refractivity contribution >= 4 is 10.8 Å². The monoisotopic (exact) mass is 243 g/mol. The van der Waals surface area contributed by atoms with Crippen LogP contribution in [-0.4, -0.2) is 32.5 Å². The zero-order valence-corrected chi connectivity index (χ0v) is 11.1. The molecule has 5 heteroatoms. The van der Waals surface area contributed by atoms with E-state index in [9.17, 15) is 4.21 Å². The van der Waals surface area contributed by atoms with Gasteiger partial charge in [0.15, 0.2) is 0 Å². The molecule has 0 saturated heterocycles. The summed E-state index contributed by atoms with van der Waals surface area (Å²) in [6.07, 6.45) is 4.83. The van der Waals surface area contributed by atoms with Gasteiger partial charge in [-0.3, -0.25) is 8.89 Å². The van der Waals surface area contributed by atoms with E-state index in [2.05, 4.69) is 24.3 Å². The van der Waals surface area contributed by atoms with E-state index in [0.717, 1.165) is 25.2 Å². The van der Waals surface area contributed by atoms with Crippen LogP contribution in [0.15, 0.2) is 12.3 Å². The standard InChI is InChI=1S/C11H21N3OS/c1-4-10(2)14-7-5-11(13-14)9-12-6-8-16(3)15/h5,7,10,12H,4,6,8-9H2,1-3H3. The lowest BCUT2D eigenvalue weighted by molar-refractivity contribution is 0.472. The van der Waals surface area contributed by atoms with Gasteiger partial charge < -0.3 is 5.32 Å². The van der Waals surface area contributed by atoms with Crippen molar-refractivity contribution in [2.24, 2.45) is 0 Å². The SMILES string of the molecule is CCC(C)n1ccc(CNCCS(C)=O)n1. The molecule has 0 fully saturated rings. The molecule has 0 aliphatic rings. The van der Waals surface area contributed by atoms with E-state index < -0.39 is 10.8 Å². The summed E-state index contributed by atoms with van der Waals surface area (Å²) in [5.74, 6) is 0.700. The fourth-order valence-corrected chi connectivity index (χ4v) is 1.77. The molecule has 1 aromatic rings. The van der Waals surface area contributed by atoms with Crippen LogP contribution >= 0.6 is 0 Å². The largest absolute Gasteiger partial charge is 0.310 e. The van der Waals surface area contributed by atoms with Crippen LogP contribution < -0.4 is 5.32 Å². The Morgan fingerprint density at radius 2 is 2.38 bits per heavy atom. The third-order valence-electron chi connectivity index (χ3n) is 2.58. The van der Waals surface area contributed by atoms with Crippen molar-refractivity contribution < 1.29 is 4.21 Å². The Morgan fingerprint density at radius 1 is 1.62 bits per heavy atom. The normalized spacial score (nSPS) is 14.9. The lowest BCUT2D eigenvalue weighted by Crippen LogP contribution is -2.20. The Bertz CT molecular complexity index is 338. The second kappa shape index (κ2) is 6.81. The van der Waals surface area contributed by atoms with Crippen LogP contribution in [0.2, 0.25) is 0 Å². The van der Waals surface area contributed by atoms with Crippen molar-refractivity contribution in [3.05, 3.63) is 18.0 Å². The van der Waals surface area contributed by atoms with Gasteiger partial charge in [-0.1, -0.05) is 6.92 Å². The molecule has 0 radical (unpaired) electrons. The van der Waals surface area contributed by atoms with E-state index >= 15 is 0 Å². The van der Waals surface area contributed by atoms with Crippen LogP contribution in [0.25, 0.3) is 0 Å². The van der Waals surface area contributed by atoms with E-state index in [-0.39, 0.29) is 0 Å². The van der Waals surface area contributed by atoms with E-state index in [1.807, 2.05) is 16.9 Å². The smallest absolute Gasteiger partial charge is 0.0762 e. The van der Waals surface area contributed by atoms with Crippen molar-refractivity contribution in [1.29, 1.82) is 0 Å². The lowest BCUT2D eigenvalue weighted by atomic mass is 10.3. The fraction of sp³-hybridized carbons (Fsp3) is 0.727. The van der Waals surface area contributed by atoms with Gasteiger partial charge in [0.1, 0.15) is 0 Å². The molecule has 2 atom stereocenters. The minimum absolute atomic E-state index is 0.455.